The number of benzene rings is 3. The number of nitriles is 1. The molecule has 0 aliphatic heterocycles. The number of nitrogens with zero attached hydrogens (tertiary/aromatic N) is 1. The number of hydrogen-bond acceptors (Lipinski definition) is 7. The van der Waals surface area contributed by atoms with Crippen molar-refractivity contribution in [1.29, 1.82) is 5.26 Å². The summed E-state index contributed by atoms with van der Waals surface area (Å²) >= 11 is 0. The third-order valence-electron chi connectivity index (χ3n) is 5.45. The third kappa shape index (κ3) is 8.82. The van der Waals surface area contributed by atoms with Crippen LogP contribution in [0.1, 0.15) is 23.6 Å². The summed E-state index contributed by atoms with van der Waals surface area (Å²) in [5, 5.41) is 36.3. The molecule has 3 amide bonds. The van der Waals surface area contributed by atoms with Crippen LogP contribution in [-0.2, 0) is 32.3 Å². The predicted molar refractivity (Wildman–Crippen MR) is 145 cm³/mol. The van der Waals surface area contributed by atoms with Gasteiger partial charge in [0.25, 0.3) is 5.91 Å². The summed E-state index contributed by atoms with van der Waals surface area (Å²) in [5.41, 5.74) is 2.28. The van der Waals surface area contributed by atoms with E-state index >= 15 is 0 Å². The lowest BCUT2D eigenvalue weighted by Crippen LogP contribution is -2.46. The molecule has 0 aliphatic carbocycles. The minimum absolute atomic E-state index is 0.0292. The van der Waals surface area contributed by atoms with E-state index in [1.54, 1.807) is 24.3 Å². The first kappa shape index (κ1) is 28.6. The van der Waals surface area contributed by atoms with Crippen molar-refractivity contribution in [1.82, 2.24) is 5.32 Å². The zero-order valence-corrected chi connectivity index (χ0v) is 21.2. The first-order valence-corrected chi connectivity index (χ1v) is 11.9. The fourth-order valence-electron chi connectivity index (χ4n) is 3.50. The number of aromatic hydroxyl groups is 1. The summed E-state index contributed by atoms with van der Waals surface area (Å²) in [5.74, 6) is -1.60. The zero-order chi connectivity index (χ0) is 28.2. The van der Waals surface area contributed by atoms with E-state index in [-0.39, 0.29) is 36.0 Å². The van der Waals surface area contributed by atoms with E-state index in [9.17, 15) is 29.9 Å². The van der Waals surface area contributed by atoms with Crippen molar-refractivity contribution in [3.05, 3.63) is 95.1 Å². The number of carbonyl (C=O) groups is 3. The molecule has 3 aromatic carbocycles. The average Bonchev–Trinajstić information content (AvgIpc) is 2.93. The Bertz CT molecular complexity index is 1380. The number of nitrogens with one attached hydrogen (secondary N) is 3. The van der Waals surface area contributed by atoms with Gasteiger partial charge in [0.15, 0.2) is 0 Å². The lowest BCUT2D eigenvalue weighted by atomic mass is 10.1. The van der Waals surface area contributed by atoms with Gasteiger partial charge < -0.3 is 30.9 Å². The number of ether oxygens (including phenoxy) is 1. The fourth-order valence-corrected chi connectivity index (χ4v) is 3.50. The fraction of sp³-hybridized carbons (Fsp3) is 0.172. The molecule has 0 saturated heterocycles. The van der Waals surface area contributed by atoms with Gasteiger partial charge in [0, 0.05) is 23.9 Å². The molecule has 5 N–H and O–H groups in total. The molecule has 0 fully saturated rings. The minimum Gasteiger partial charge on any atom is -0.508 e. The van der Waals surface area contributed by atoms with Crippen LogP contribution in [-0.4, -0.2) is 40.6 Å². The predicted octanol–water partition coefficient (Wildman–Crippen LogP) is 3.09. The molecular weight excluding hydrogens is 500 g/mol. The number of hydrogen-bond donors (Lipinski definition) is 5. The molecule has 10 nitrogen and oxygen atoms in total. The van der Waals surface area contributed by atoms with Gasteiger partial charge in [-0.05, 0) is 53.6 Å². The molecule has 3 aromatic rings. The van der Waals surface area contributed by atoms with Crippen LogP contribution < -0.4 is 16.0 Å². The van der Waals surface area contributed by atoms with Crippen molar-refractivity contribution in [3.8, 4) is 11.8 Å². The van der Waals surface area contributed by atoms with Crippen LogP contribution in [0.3, 0.4) is 0 Å². The van der Waals surface area contributed by atoms with Crippen molar-refractivity contribution in [2.24, 2.45) is 0 Å². The van der Waals surface area contributed by atoms with Gasteiger partial charge in [0.2, 0.25) is 11.8 Å². The van der Waals surface area contributed by atoms with Crippen LogP contribution in [0, 0.1) is 11.3 Å². The van der Waals surface area contributed by atoms with Crippen LogP contribution in [0.25, 0.3) is 6.08 Å². The number of phenols is 1. The summed E-state index contributed by atoms with van der Waals surface area (Å²) in [4.78, 5) is 37.0. The van der Waals surface area contributed by atoms with Crippen molar-refractivity contribution in [3.63, 3.8) is 0 Å². The first-order chi connectivity index (χ1) is 18.8. The van der Waals surface area contributed by atoms with Gasteiger partial charge in [-0.25, -0.2) is 0 Å². The van der Waals surface area contributed by atoms with Crippen LogP contribution in [0.2, 0.25) is 0 Å². The lowest BCUT2D eigenvalue weighted by molar-refractivity contribution is -0.126. The maximum Gasteiger partial charge on any atom is 0.266 e. The highest BCUT2D eigenvalue weighted by Gasteiger charge is 2.20. The number of carbonyl (C=O) groups excluding carboxylic acids is 3. The molecule has 0 saturated carbocycles. The molecular formula is C29H28N4O6. The van der Waals surface area contributed by atoms with Gasteiger partial charge >= 0.3 is 0 Å². The summed E-state index contributed by atoms with van der Waals surface area (Å²) in [7, 11) is 0. The van der Waals surface area contributed by atoms with Gasteiger partial charge in [-0.1, -0.05) is 36.4 Å². The Hall–Kier alpha value is -4.98. The van der Waals surface area contributed by atoms with Gasteiger partial charge in [0.1, 0.15) is 23.4 Å². The highest BCUT2D eigenvalue weighted by molar-refractivity contribution is 6.09. The van der Waals surface area contributed by atoms with Crippen molar-refractivity contribution < 1.29 is 29.3 Å². The highest BCUT2D eigenvalue weighted by atomic mass is 16.5. The highest BCUT2D eigenvalue weighted by Crippen LogP contribution is 2.21. The largest absolute Gasteiger partial charge is 0.508 e. The maximum absolute atomic E-state index is 12.8. The van der Waals surface area contributed by atoms with Crippen LogP contribution in [0.5, 0.6) is 5.75 Å². The summed E-state index contributed by atoms with van der Waals surface area (Å²) < 4.78 is 5.62. The number of rotatable bonds is 11. The lowest BCUT2D eigenvalue weighted by Gasteiger charge is -2.18. The van der Waals surface area contributed by atoms with Crippen molar-refractivity contribution >= 4 is 35.2 Å². The van der Waals surface area contributed by atoms with Crippen molar-refractivity contribution in [2.75, 3.05) is 17.2 Å². The van der Waals surface area contributed by atoms with Crippen LogP contribution >= 0.6 is 0 Å². The van der Waals surface area contributed by atoms with Gasteiger partial charge in [-0.15, -0.1) is 0 Å². The van der Waals surface area contributed by atoms with Crippen LogP contribution in [0.15, 0.2) is 78.4 Å². The molecule has 0 aromatic heterocycles. The Morgan fingerprint density at radius 3 is 2.28 bits per heavy atom. The Balaban J connectivity index is 1.60. The first-order valence-electron chi connectivity index (χ1n) is 11.9. The van der Waals surface area contributed by atoms with Gasteiger partial charge in [-0.3, -0.25) is 14.4 Å². The number of aliphatic hydroxyl groups excluding tert-OH is 1. The standard InChI is InChI=1S/C29H28N4O6/c1-19(35)31-26(18-39-17-20-5-3-2-4-6-20)29(38)33-25-10-8-24(9-11-25)32-28(37)22(15-30)13-21-7-12-27(36)23(14-21)16-34/h2-14,26,34,36H,16-18H2,1H3,(H,31,35)(H,32,37)(H,33,38)/t26-/m1/s1. The number of aliphatic hydroxyl groups is 1. The van der Waals surface area contributed by atoms with E-state index in [0.717, 1.165) is 5.56 Å². The molecule has 0 heterocycles. The van der Waals surface area contributed by atoms with Crippen molar-refractivity contribution in [2.45, 2.75) is 26.2 Å². The molecule has 0 bridgehead atoms. The Morgan fingerprint density at radius 2 is 1.67 bits per heavy atom. The zero-order valence-electron chi connectivity index (χ0n) is 21.2. The average molecular weight is 529 g/mol. The third-order valence-corrected chi connectivity index (χ3v) is 5.45. The smallest absolute Gasteiger partial charge is 0.266 e. The molecule has 0 aliphatic rings. The van der Waals surface area contributed by atoms with E-state index in [1.807, 2.05) is 36.4 Å². The van der Waals surface area contributed by atoms with Gasteiger partial charge in [0.05, 0.1) is 19.8 Å². The minimum atomic E-state index is -0.917. The maximum atomic E-state index is 12.8. The number of amides is 3. The molecule has 0 unspecified atom stereocenters. The Kier molecular flexibility index (Phi) is 10.3. The monoisotopic (exact) mass is 528 g/mol. The van der Waals surface area contributed by atoms with Crippen LogP contribution in [0.4, 0.5) is 11.4 Å². The molecule has 200 valence electrons. The number of anilines is 2. The second-order valence-electron chi connectivity index (χ2n) is 8.49. The summed E-state index contributed by atoms with van der Waals surface area (Å²) in [6, 6.07) is 20.9. The second kappa shape index (κ2) is 14.1. The van der Waals surface area contributed by atoms with E-state index in [1.165, 1.54) is 31.2 Å². The van der Waals surface area contributed by atoms with Gasteiger partial charge in [-0.2, -0.15) is 5.26 Å². The normalized spacial score (nSPS) is 11.7. The summed E-state index contributed by atoms with van der Waals surface area (Å²) in [6.07, 6.45) is 1.34. The van der Waals surface area contributed by atoms with E-state index in [2.05, 4.69) is 16.0 Å². The van der Waals surface area contributed by atoms with E-state index < -0.39 is 24.5 Å². The molecule has 1 atom stereocenters. The Morgan fingerprint density at radius 1 is 1.00 bits per heavy atom. The molecule has 0 spiro atoms. The summed E-state index contributed by atoms with van der Waals surface area (Å²) in [6.45, 7) is 1.18. The Labute approximate surface area is 225 Å². The van der Waals surface area contributed by atoms with E-state index in [0.29, 0.717) is 16.9 Å². The molecule has 0 radical (unpaired) electrons. The molecule has 3 rings (SSSR count). The topological polar surface area (TPSA) is 161 Å². The quantitative estimate of drug-likeness (QED) is 0.189. The van der Waals surface area contributed by atoms with E-state index in [4.69, 9.17) is 4.74 Å². The molecule has 39 heavy (non-hydrogen) atoms. The second-order valence-corrected chi connectivity index (χ2v) is 8.49. The SMILES string of the molecule is CC(=O)N[C@H](COCc1ccccc1)C(=O)Nc1ccc(NC(=O)C(C#N)=Cc2ccc(O)c(CO)c2)cc1. The molecule has 10 heteroatoms.